The highest BCUT2D eigenvalue weighted by molar-refractivity contribution is 5.78. The summed E-state index contributed by atoms with van der Waals surface area (Å²) in [6.07, 6.45) is 1.88. The molecule has 1 unspecified atom stereocenters. The van der Waals surface area contributed by atoms with Gasteiger partial charge in [0, 0.05) is 12.1 Å². The van der Waals surface area contributed by atoms with Gasteiger partial charge in [0.25, 0.3) is 0 Å². The highest BCUT2D eigenvalue weighted by atomic mass is 16.6. The quantitative estimate of drug-likeness (QED) is 0.588. The van der Waals surface area contributed by atoms with E-state index in [2.05, 4.69) is 5.32 Å². The molecule has 0 radical (unpaired) electrons. The SMILES string of the molecule is Cc1ccc(OCC(C)(NC2CC2)C(=O)O)c([N+](=O)[O-])c1. The Morgan fingerprint density at radius 1 is 1.57 bits per heavy atom. The van der Waals surface area contributed by atoms with Gasteiger partial charge in [-0.25, -0.2) is 0 Å². The first-order chi connectivity index (χ1) is 9.82. The van der Waals surface area contributed by atoms with Crippen molar-refractivity contribution in [1.82, 2.24) is 5.32 Å². The number of nitro benzene ring substituents is 1. The molecule has 1 aromatic rings. The summed E-state index contributed by atoms with van der Waals surface area (Å²) < 4.78 is 5.42. The summed E-state index contributed by atoms with van der Waals surface area (Å²) in [6.45, 7) is 3.09. The molecule has 0 spiro atoms. The predicted octanol–water partition coefficient (Wildman–Crippen LogP) is 1.88. The molecule has 1 atom stereocenters. The van der Waals surface area contributed by atoms with Crippen LogP contribution in [0.4, 0.5) is 5.69 Å². The highest BCUT2D eigenvalue weighted by Gasteiger charge is 2.39. The van der Waals surface area contributed by atoms with Crippen LogP contribution in [0.25, 0.3) is 0 Å². The molecule has 0 aromatic heterocycles. The van der Waals surface area contributed by atoms with E-state index in [9.17, 15) is 20.0 Å². The summed E-state index contributed by atoms with van der Waals surface area (Å²) in [4.78, 5) is 21.9. The molecular formula is C14H18N2O5. The molecule has 1 fully saturated rings. The normalized spacial score (nSPS) is 17.0. The van der Waals surface area contributed by atoms with E-state index in [1.54, 1.807) is 13.0 Å². The zero-order chi connectivity index (χ0) is 15.6. The fraction of sp³-hybridized carbons (Fsp3) is 0.500. The number of benzene rings is 1. The van der Waals surface area contributed by atoms with Crippen LogP contribution in [0.5, 0.6) is 5.75 Å². The topological polar surface area (TPSA) is 102 Å². The number of ether oxygens (including phenoxy) is 1. The molecule has 2 N–H and O–H groups in total. The van der Waals surface area contributed by atoms with Crippen LogP contribution in [0.1, 0.15) is 25.3 Å². The molecule has 0 heterocycles. The lowest BCUT2D eigenvalue weighted by atomic mass is 10.0. The van der Waals surface area contributed by atoms with E-state index in [1.165, 1.54) is 19.1 Å². The second-order valence-corrected chi connectivity index (χ2v) is 5.57. The molecule has 7 nitrogen and oxygen atoms in total. The Morgan fingerprint density at radius 2 is 2.24 bits per heavy atom. The Hall–Kier alpha value is -2.15. The third-order valence-corrected chi connectivity index (χ3v) is 3.40. The first kappa shape index (κ1) is 15.2. The predicted molar refractivity (Wildman–Crippen MR) is 75.5 cm³/mol. The number of aliphatic carboxylic acids is 1. The second kappa shape index (κ2) is 5.69. The van der Waals surface area contributed by atoms with Gasteiger partial charge in [0.15, 0.2) is 5.75 Å². The molecule has 1 aliphatic carbocycles. The number of nitrogens with one attached hydrogen (secondary N) is 1. The number of hydrogen-bond donors (Lipinski definition) is 2. The van der Waals surface area contributed by atoms with Crippen LogP contribution in [-0.4, -0.2) is 34.2 Å². The molecule has 0 aliphatic heterocycles. The number of carboxylic acids is 1. The molecule has 1 aromatic carbocycles. The lowest BCUT2D eigenvalue weighted by Crippen LogP contribution is -2.54. The molecule has 2 rings (SSSR count). The Labute approximate surface area is 122 Å². The Balaban J connectivity index is 2.13. The van der Waals surface area contributed by atoms with Gasteiger partial charge >= 0.3 is 11.7 Å². The van der Waals surface area contributed by atoms with Gasteiger partial charge in [0.05, 0.1) is 4.92 Å². The van der Waals surface area contributed by atoms with Crippen LogP contribution in [0.3, 0.4) is 0 Å². The molecule has 21 heavy (non-hydrogen) atoms. The van der Waals surface area contributed by atoms with Crippen molar-refractivity contribution in [2.75, 3.05) is 6.61 Å². The summed E-state index contributed by atoms with van der Waals surface area (Å²) in [6, 6.07) is 4.77. The number of nitrogens with zero attached hydrogens (tertiary/aromatic N) is 1. The van der Waals surface area contributed by atoms with E-state index in [-0.39, 0.29) is 24.1 Å². The smallest absolute Gasteiger partial charge is 0.327 e. The standard InChI is InChI=1S/C14H18N2O5/c1-9-3-6-12(11(7-9)16(19)20)21-8-14(2,13(17)18)15-10-4-5-10/h3,6-7,10,15H,4-5,8H2,1-2H3,(H,17,18). The molecular weight excluding hydrogens is 276 g/mol. The van der Waals surface area contributed by atoms with Crippen LogP contribution < -0.4 is 10.1 Å². The number of carboxylic acid groups (broad SMARTS) is 1. The van der Waals surface area contributed by atoms with Gasteiger partial charge in [0.2, 0.25) is 0 Å². The van der Waals surface area contributed by atoms with Crippen LogP contribution in [-0.2, 0) is 4.79 Å². The number of carbonyl (C=O) groups is 1. The number of hydrogen-bond acceptors (Lipinski definition) is 5. The Morgan fingerprint density at radius 3 is 2.76 bits per heavy atom. The summed E-state index contributed by atoms with van der Waals surface area (Å²) in [5.74, 6) is -0.958. The van der Waals surface area contributed by atoms with Gasteiger partial charge in [-0.3, -0.25) is 20.2 Å². The first-order valence-electron chi connectivity index (χ1n) is 6.71. The fourth-order valence-corrected chi connectivity index (χ4v) is 1.96. The second-order valence-electron chi connectivity index (χ2n) is 5.57. The lowest BCUT2D eigenvalue weighted by molar-refractivity contribution is -0.386. The molecule has 114 valence electrons. The van der Waals surface area contributed by atoms with Crippen molar-refractivity contribution in [3.8, 4) is 5.75 Å². The van der Waals surface area contributed by atoms with Crippen molar-refractivity contribution in [3.63, 3.8) is 0 Å². The van der Waals surface area contributed by atoms with Crippen LogP contribution in [0, 0.1) is 17.0 Å². The van der Waals surface area contributed by atoms with Gasteiger partial charge in [-0.2, -0.15) is 0 Å². The lowest BCUT2D eigenvalue weighted by Gasteiger charge is -2.26. The van der Waals surface area contributed by atoms with Crippen LogP contribution in [0.15, 0.2) is 18.2 Å². The third-order valence-electron chi connectivity index (χ3n) is 3.40. The Bertz CT molecular complexity index is 570. The van der Waals surface area contributed by atoms with Crippen molar-refractivity contribution in [2.45, 2.75) is 38.3 Å². The van der Waals surface area contributed by atoms with Crippen molar-refractivity contribution in [3.05, 3.63) is 33.9 Å². The van der Waals surface area contributed by atoms with Crippen molar-refractivity contribution in [2.24, 2.45) is 0 Å². The minimum absolute atomic E-state index is 0.0793. The Kier molecular flexibility index (Phi) is 4.13. The molecule has 0 amide bonds. The minimum Gasteiger partial charge on any atom is -0.484 e. The highest BCUT2D eigenvalue weighted by Crippen LogP contribution is 2.29. The fourth-order valence-electron chi connectivity index (χ4n) is 1.96. The maximum Gasteiger partial charge on any atom is 0.327 e. The summed E-state index contributed by atoms with van der Waals surface area (Å²) >= 11 is 0. The number of rotatable bonds is 7. The number of nitro groups is 1. The summed E-state index contributed by atoms with van der Waals surface area (Å²) in [5, 5.41) is 23.3. The van der Waals surface area contributed by atoms with Gasteiger partial charge < -0.3 is 9.84 Å². The van der Waals surface area contributed by atoms with E-state index >= 15 is 0 Å². The number of aryl methyl sites for hydroxylation is 1. The van der Waals surface area contributed by atoms with Crippen molar-refractivity contribution < 1.29 is 19.6 Å². The largest absolute Gasteiger partial charge is 0.484 e. The van der Waals surface area contributed by atoms with E-state index in [0.29, 0.717) is 0 Å². The van der Waals surface area contributed by atoms with E-state index in [0.717, 1.165) is 18.4 Å². The van der Waals surface area contributed by atoms with E-state index in [1.807, 2.05) is 0 Å². The summed E-state index contributed by atoms with van der Waals surface area (Å²) in [5.41, 5.74) is -0.680. The maximum atomic E-state index is 11.4. The van der Waals surface area contributed by atoms with Crippen molar-refractivity contribution in [1.29, 1.82) is 0 Å². The van der Waals surface area contributed by atoms with Gasteiger partial charge in [-0.05, 0) is 38.3 Å². The zero-order valence-corrected chi connectivity index (χ0v) is 12.0. The van der Waals surface area contributed by atoms with Crippen LogP contribution in [0.2, 0.25) is 0 Å². The molecule has 1 aliphatic rings. The average Bonchev–Trinajstić information content (AvgIpc) is 3.20. The van der Waals surface area contributed by atoms with Gasteiger partial charge in [-0.1, -0.05) is 6.07 Å². The van der Waals surface area contributed by atoms with Gasteiger partial charge in [0.1, 0.15) is 12.1 Å². The van der Waals surface area contributed by atoms with Gasteiger partial charge in [-0.15, -0.1) is 0 Å². The molecule has 0 bridgehead atoms. The molecule has 0 saturated heterocycles. The van der Waals surface area contributed by atoms with Crippen LogP contribution >= 0.6 is 0 Å². The third kappa shape index (κ3) is 3.69. The monoisotopic (exact) mass is 294 g/mol. The maximum absolute atomic E-state index is 11.4. The molecule has 1 saturated carbocycles. The first-order valence-corrected chi connectivity index (χ1v) is 6.71. The minimum atomic E-state index is -1.26. The summed E-state index contributed by atoms with van der Waals surface area (Å²) in [7, 11) is 0. The average molecular weight is 294 g/mol. The molecule has 7 heteroatoms. The van der Waals surface area contributed by atoms with E-state index in [4.69, 9.17) is 4.74 Å². The zero-order valence-electron chi connectivity index (χ0n) is 12.0. The van der Waals surface area contributed by atoms with Crippen molar-refractivity contribution >= 4 is 11.7 Å². The van der Waals surface area contributed by atoms with E-state index < -0.39 is 16.4 Å².